The molecule has 0 saturated heterocycles. The van der Waals surface area contributed by atoms with Gasteiger partial charge in [0.2, 0.25) is 0 Å². The van der Waals surface area contributed by atoms with Crippen molar-refractivity contribution in [2.45, 2.75) is 0 Å². The molecule has 0 atom stereocenters. The number of nitrogens with two attached hydrogens (primary N) is 1. The van der Waals surface area contributed by atoms with E-state index in [1.165, 1.54) is 17.4 Å². The first-order chi connectivity index (χ1) is 8.60. The van der Waals surface area contributed by atoms with Crippen LogP contribution in [0, 0.1) is 11.3 Å². The second-order valence-electron chi connectivity index (χ2n) is 3.33. The Labute approximate surface area is 112 Å². The van der Waals surface area contributed by atoms with E-state index in [1.54, 1.807) is 17.5 Å². The highest BCUT2D eigenvalue weighted by Gasteiger charge is 2.10. The summed E-state index contributed by atoms with van der Waals surface area (Å²) in [5.41, 5.74) is 6.46. The molecule has 5 nitrogen and oxygen atoms in total. The SMILES string of the molecule is N#Cc1cc(NC(=O)c2csc(N)n2)ccc1Cl. The maximum absolute atomic E-state index is 11.8. The highest BCUT2D eigenvalue weighted by atomic mass is 35.5. The van der Waals surface area contributed by atoms with Gasteiger partial charge in [0.15, 0.2) is 5.13 Å². The molecule has 0 fully saturated rings. The second kappa shape index (κ2) is 5.04. The van der Waals surface area contributed by atoms with Gasteiger partial charge < -0.3 is 11.1 Å². The minimum Gasteiger partial charge on any atom is -0.375 e. The molecular weight excluding hydrogens is 272 g/mol. The number of anilines is 2. The van der Waals surface area contributed by atoms with Crippen molar-refractivity contribution in [1.29, 1.82) is 5.26 Å². The maximum atomic E-state index is 11.8. The molecule has 1 aromatic carbocycles. The van der Waals surface area contributed by atoms with E-state index in [4.69, 9.17) is 22.6 Å². The van der Waals surface area contributed by atoms with Crippen LogP contribution in [0.1, 0.15) is 16.1 Å². The molecule has 0 saturated carbocycles. The van der Waals surface area contributed by atoms with Crippen LogP contribution < -0.4 is 11.1 Å². The molecule has 7 heteroatoms. The average molecular weight is 279 g/mol. The van der Waals surface area contributed by atoms with Crippen molar-refractivity contribution in [1.82, 2.24) is 4.98 Å². The van der Waals surface area contributed by atoms with E-state index >= 15 is 0 Å². The molecule has 0 aliphatic rings. The van der Waals surface area contributed by atoms with Gasteiger partial charge in [-0.3, -0.25) is 4.79 Å². The molecule has 90 valence electrons. The van der Waals surface area contributed by atoms with Gasteiger partial charge in [0.25, 0.3) is 5.91 Å². The Morgan fingerprint density at radius 3 is 2.94 bits per heavy atom. The zero-order valence-electron chi connectivity index (χ0n) is 8.98. The van der Waals surface area contributed by atoms with Crippen LogP contribution in [0.3, 0.4) is 0 Å². The molecule has 0 spiro atoms. The monoisotopic (exact) mass is 278 g/mol. The number of carbonyl (C=O) groups is 1. The van der Waals surface area contributed by atoms with Crippen LogP contribution in [-0.2, 0) is 0 Å². The summed E-state index contributed by atoms with van der Waals surface area (Å²) in [4.78, 5) is 15.6. The van der Waals surface area contributed by atoms with Gasteiger partial charge in [0.1, 0.15) is 11.8 Å². The summed E-state index contributed by atoms with van der Waals surface area (Å²) in [5, 5.41) is 13.7. The quantitative estimate of drug-likeness (QED) is 0.883. The van der Waals surface area contributed by atoms with Gasteiger partial charge in [-0.15, -0.1) is 11.3 Å². The highest BCUT2D eigenvalue weighted by molar-refractivity contribution is 7.13. The van der Waals surface area contributed by atoms with Gasteiger partial charge in [0.05, 0.1) is 10.6 Å². The van der Waals surface area contributed by atoms with E-state index in [1.807, 2.05) is 6.07 Å². The second-order valence-corrected chi connectivity index (χ2v) is 4.63. The number of hydrogen-bond donors (Lipinski definition) is 2. The largest absolute Gasteiger partial charge is 0.375 e. The summed E-state index contributed by atoms with van der Waals surface area (Å²) in [6.07, 6.45) is 0. The zero-order chi connectivity index (χ0) is 13.1. The molecule has 1 heterocycles. The molecule has 0 unspecified atom stereocenters. The first kappa shape index (κ1) is 12.4. The Bertz CT molecular complexity index is 647. The van der Waals surface area contributed by atoms with Gasteiger partial charge in [-0.25, -0.2) is 4.98 Å². The Morgan fingerprint density at radius 1 is 1.56 bits per heavy atom. The van der Waals surface area contributed by atoms with E-state index in [0.29, 0.717) is 21.4 Å². The van der Waals surface area contributed by atoms with E-state index in [0.717, 1.165) is 0 Å². The van der Waals surface area contributed by atoms with Crippen molar-refractivity contribution in [3.05, 3.63) is 39.9 Å². The van der Waals surface area contributed by atoms with Crippen LogP contribution in [-0.4, -0.2) is 10.9 Å². The summed E-state index contributed by atoms with van der Waals surface area (Å²) < 4.78 is 0. The third-order valence-electron chi connectivity index (χ3n) is 2.10. The first-order valence-corrected chi connectivity index (χ1v) is 6.08. The summed E-state index contributed by atoms with van der Waals surface area (Å²) >= 11 is 6.98. The fourth-order valence-electron chi connectivity index (χ4n) is 1.28. The Balaban J connectivity index is 2.20. The molecule has 2 rings (SSSR count). The molecule has 3 N–H and O–H groups in total. The number of halogens is 1. The van der Waals surface area contributed by atoms with Crippen LogP contribution in [0.4, 0.5) is 10.8 Å². The number of hydrogen-bond acceptors (Lipinski definition) is 5. The number of thiazole rings is 1. The fraction of sp³-hybridized carbons (Fsp3) is 0. The van der Waals surface area contributed by atoms with Crippen molar-refractivity contribution in [3.8, 4) is 6.07 Å². The lowest BCUT2D eigenvalue weighted by molar-refractivity contribution is 0.102. The zero-order valence-corrected chi connectivity index (χ0v) is 10.5. The smallest absolute Gasteiger partial charge is 0.275 e. The standard InChI is InChI=1S/C11H7ClN4OS/c12-8-2-1-7(3-6(8)4-13)15-10(17)9-5-18-11(14)16-9/h1-3,5H,(H2,14,16)(H,15,17). The molecule has 0 aliphatic heterocycles. The number of nitriles is 1. The van der Waals surface area contributed by atoms with Crippen molar-refractivity contribution >= 4 is 39.7 Å². The molecule has 18 heavy (non-hydrogen) atoms. The lowest BCUT2D eigenvalue weighted by atomic mass is 10.2. The molecule has 0 aliphatic carbocycles. The minimum absolute atomic E-state index is 0.242. The predicted octanol–water partition coefficient (Wildman–Crippen LogP) is 2.50. The van der Waals surface area contributed by atoms with Crippen LogP contribution in [0.25, 0.3) is 0 Å². The predicted molar refractivity (Wildman–Crippen MR) is 70.6 cm³/mol. The molecule has 2 aromatic rings. The molecule has 1 aromatic heterocycles. The Kier molecular flexibility index (Phi) is 3.46. The van der Waals surface area contributed by atoms with Gasteiger partial charge in [0, 0.05) is 11.1 Å². The van der Waals surface area contributed by atoms with Crippen molar-refractivity contribution < 1.29 is 4.79 Å². The van der Waals surface area contributed by atoms with Crippen LogP contribution >= 0.6 is 22.9 Å². The van der Waals surface area contributed by atoms with Crippen LogP contribution in [0.2, 0.25) is 5.02 Å². The van der Waals surface area contributed by atoms with Gasteiger partial charge in [-0.2, -0.15) is 5.26 Å². The molecule has 0 radical (unpaired) electrons. The summed E-state index contributed by atoms with van der Waals surface area (Å²) in [6.45, 7) is 0. The van der Waals surface area contributed by atoms with E-state index in [2.05, 4.69) is 10.3 Å². The third kappa shape index (κ3) is 2.59. The van der Waals surface area contributed by atoms with Gasteiger partial charge >= 0.3 is 0 Å². The fourth-order valence-corrected chi connectivity index (χ4v) is 1.98. The summed E-state index contributed by atoms with van der Waals surface area (Å²) in [7, 11) is 0. The number of carbonyl (C=O) groups excluding carboxylic acids is 1. The lowest BCUT2D eigenvalue weighted by Gasteiger charge is -2.04. The molecule has 0 bridgehead atoms. The van der Waals surface area contributed by atoms with Crippen LogP contribution in [0.15, 0.2) is 23.6 Å². The highest BCUT2D eigenvalue weighted by Crippen LogP contribution is 2.20. The normalized spacial score (nSPS) is 9.78. The molecular formula is C11H7ClN4OS. The van der Waals surface area contributed by atoms with E-state index in [-0.39, 0.29) is 11.6 Å². The number of nitrogen functional groups attached to an aromatic ring is 1. The molecule has 1 amide bonds. The van der Waals surface area contributed by atoms with E-state index in [9.17, 15) is 4.79 Å². The summed E-state index contributed by atoms with van der Waals surface area (Å²) in [5.74, 6) is -0.380. The number of benzene rings is 1. The number of rotatable bonds is 2. The minimum atomic E-state index is -0.380. The maximum Gasteiger partial charge on any atom is 0.275 e. The third-order valence-corrected chi connectivity index (χ3v) is 3.10. The Hall–Kier alpha value is -2.10. The topological polar surface area (TPSA) is 91.8 Å². The number of nitrogens with one attached hydrogen (secondary N) is 1. The van der Waals surface area contributed by atoms with Crippen LogP contribution in [0.5, 0.6) is 0 Å². The van der Waals surface area contributed by atoms with Crippen molar-refractivity contribution in [3.63, 3.8) is 0 Å². The van der Waals surface area contributed by atoms with Gasteiger partial charge in [-0.1, -0.05) is 11.6 Å². The lowest BCUT2D eigenvalue weighted by Crippen LogP contribution is -2.12. The Morgan fingerprint density at radius 2 is 2.33 bits per heavy atom. The van der Waals surface area contributed by atoms with Crippen molar-refractivity contribution in [2.24, 2.45) is 0 Å². The summed E-state index contributed by atoms with van der Waals surface area (Å²) in [6, 6.07) is 6.59. The number of amides is 1. The number of nitrogens with zero attached hydrogens (tertiary/aromatic N) is 2. The average Bonchev–Trinajstić information content (AvgIpc) is 2.78. The van der Waals surface area contributed by atoms with E-state index < -0.39 is 0 Å². The first-order valence-electron chi connectivity index (χ1n) is 4.82. The number of aromatic nitrogens is 1. The van der Waals surface area contributed by atoms with Gasteiger partial charge in [-0.05, 0) is 18.2 Å². The van der Waals surface area contributed by atoms with Crippen molar-refractivity contribution in [2.75, 3.05) is 11.1 Å².